The van der Waals surface area contributed by atoms with E-state index in [0.717, 1.165) is 35.2 Å². The number of aromatic nitrogens is 4. The first-order valence-corrected chi connectivity index (χ1v) is 9.00. The fourth-order valence-electron chi connectivity index (χ4n) is 3.52. The third kappa shape index (κ3) is 3.58. The molecule has 2 aromatic heterocycles. The van der Waals surface area contributed by atoms with E-state index < -0.39 is 0 Å². The summed E-state index contributed by atoms with van der Waals surface area (Å²) < 4.78 is 13.1. The van der Waals surface area contributed by atoms with Crippen molar-refractivity contribution >= 4 is 11.7 Å². The first kappa shape index (κ1) is 17.3. The van der Waals surface area contributed by atoms with Crippen molar-refractivity contribution in [1.29, 1.82) is 0 Å². The smallest absolute Gasteiger partial charge is 0.231 e. The predicted molar refractivity (Wildman–Crippen MR) is 99.5 cm³/mol. The first-order valence-electron chi connectivity index (χ1n) is 9.00. The third-order valence-electron chi connectivity index (χ3n) is 5.01. The summed E-state index contributed by atoms with van der Waals surface area (Å²) in [5.74, 6) is 0.303. The van der Waals surface area contributed by atoms with E-state index in [1.165, 1.54) is 12.1 Å². The summed E-state index contributed by atoms with van der Waals surface area (Å²) in [4.78, 5) is 14.7. The second-order valence-corrected chi connectivity index (χ2v) is 6.89. The van der Waals surface area contributed by atoms with E-state index in [1.807, 2.05) is 13.0 Å². The Morgan fingerprint density at radius 3 is 2.78 bits per heavy atom. The molecule has 1 saturated heterocycles. The van der Waals surface area contributed by atoms with Crippen LogP contribution in [0, 0.1) is 18.7 Å². The molecule has 1 fully saturated rings. The molecule has 1 aromatic carbocycles. The summed E-state index contributed by atoms with van der Waals surface area (Å²) in [5, 5.41) is 15.1. The highest BCUT2D eigenvalue weighted by Crippen LogP contribution is 2.29. The summed E-state index contributed by atoms with van der Waals surface area (Å²) in [5.41, 5.74) is 3.68. The van der Waals surface area contributed by atoms with Crippen LogP contribution < -0.4 is 4.90 Å². The number of carbonyl (C=O) groups excluding carboxylic acids is 1. The lowest BCUT2D eigenvalue weighted by Crippen LogP contribution is -2.42. The number of hydrogen-bond donors (Lipinski definition) is 1. The number of halogens is 1. The second-order valence-electron chi connectivity index (χ2n) is 6.89. The molecule has 1 aliphatic rings. The normalized spacial score (nSPS) is 17.3. The molecule has 0 saturated carbocycles. The maximum Gasteiger partial charge on any atom is 0.231 e. The van der Waals surface area contributed by atoms with Gasteiger partial charge in [0.1, 0.15) is 5.82 Å². The number of hydrogen-bond acceptors (Lipinski definition) is 4. The lowest BCUT2D eigenvalue weighted by atomic mass is 9.90. The molecule has 1 atom stereocenters. The zero-order valence-corrected chi connectivity index (χ0v) is 15.0. The molecule has 4 rings (SSSR count). The van der Waals surface area contributed by atoms with Crippen LogP contribution in [0.4, 0.5) is 10.2 Å². The number of anilines is 1. The minimum Gasteiger partial charge on any atom is -0.295 e. The van der Waals surface area contributed by atoms with Gasteiger partial charge in [-0.15, -0.1) is 0 Å². The Morgan fingerprint density at radius 1 is 1.22 bits per heavy atom. The molecule has 3 heterocycles. The predicted octanol–water partition coefficient (Wildman–Crippen LogP) is 3.30. The molecular weight excluding hydrogens is 345 g/mol. The molecule has 6 nitrogen and oxygen atoms in total. The van der Waals surface area contributed by atoms with E-state index in [4.69, 9.17) is 0 Å². The SMILES string of the molecule is Cc1cnncc1-c1cc(N2CCCC(Cc3ccc(F)cc3)C2=O)n[nH]1. The Balaban J connectivity index is 1.53. The number of carbonyl (C=O) groups is 1. The van der Waals surface area contributed by atoms with Crippen LogP contribution >= 0.6 is 0 Å². The van der Waals surface area contributed by atoms with Gasteiger partial charge < -0.3 is 0 Å². The van der Waals surface area contributed by atoms with Gasteiger partial charge in [-0.1, -0.05) is 12.1 Å². The molecule has 7 heteroatoms. The Kier molecular flexibility index (Phi) is 4.66. The van der Waals surface area contributed by atoms with E-state index in [2.05, 4.69) is 20.4 Å². The van der Waals surface area contributed by atoms with Crippen LogP contribution in [0.2, 0.25) is 0 Å². The van der Waals surface area contributed by atoms with Crippen LogP contribution in [-0.2, 0) is 11.2 Å². The Hall–Kier alpha value is -3.09. The fourth-order valence-corrected chi connectivity index (χ4v) is 3.52. The van der Waals surface area contributed by atoms with Gasteiger partial charge in [0.15, 0.2) is 5.82 Å². The highest BCUT2D eigenvalue weighted by molar-refractivity contribution is 5.95. The molecule has 1 N–H and O–H groups in total. The molecule has 0 bridgehead atoms. The van der Waals surface area contributed by atoms with Gasteiger partial charge in [-0.3, -0.25) is 14.8 Å². The zero-order valence-electron chi connectivity index (χ0n) is 15.0. The number of aromatic amines is 1. The average Bonchev–Trinajstić information content (AvgIpc) is 3.15. The van der Waals surface area contributed by atoms with Crippen LogP contribution in [0.3, 0.4) is 0 Å². The maximum atomic E-state index is 13.1. The molecular formula is C20H20FN5O. The number of rotatable bonds is 4. The third-order valence-corrected chi connectivity index (χ3v) is 5.01. The van der Waals surface area contributed by atoms with E-state index >= 15 is 0 Å². The number of nitrogens with one attached hydrogen (secondary N) is 1. The van der Waals surface area contributed by atoms with Crippen molar-refractivity contribution in [2.75, 3.05) is 11.4 Å². The lowest BCUT2D eigenvalue weighted by molar-refractivity contribution is -0.123. The van der Waals surface area contributed by atoms with E-state index in [0.29, 0.717) is 18.8 Å². The molecule has 3 aromatic rings. The number of amides is 1. The summed E-state index contributed by atoms with van der Waals surface area (Å²) in [6, 6.07) is 8.24. The topological polar surface area (TPSA) is 74.8 Å². The monoisotopic (exact) mass is 365 g/mol. The standard InChI is InChI=1S/C20H20FN5O/c1-13-11-22-23-12-17(13)18-10-19(25-24-18)26-8-2-3-15(20(26)27)9-14-4-6-16(21)7-5-14/h4-7,10-12,15H,2-3,8-9H2,1H3,(H,24,25). The van der Waals surface area contributed by atoms with Crippen molar-refractivity contribution in [2.45, 2.75) is 26.2 Å². The number of nitrogens with zero attached hydrogens (tertiary/aromatic N) is 4. The van der Waals surface area contributed by atoms with E-state index in [1.54, 1.807) is 29.4 Å². The molecule has 0 aliphatic carbocycles. The first-order chi connectivity index (χ1) is 13.1. The Bertz CT molecular complexity index is 953. The number of benzene rings is 1. The van der Waals surface area contributed by atoms with Crippen molar-refractivity contribution in [3.63, 3.8) is 0 Å². The highest BCUT2D eigenvalue weighted by atomic mass is 19.1. The number of aryl methyl sites for hydroxylation is 1. The van der Waals surface area contributed by atoms with Crippen LogP contribution in [-0.4, -0.2) is 32.8 Å². The highest BCUT2D eigenvalue weighted by Gasteiger charge is 2.31. The summed E-state index contributed by atoms with van der Waals surface area (Å²) >= 11 is 0. The molecule has 1 amide bonds. The summed E-state index contributed by atoms with van der Waals surface area (Å²) in [6.07, 6.45) is 5.73. The largest absolute Gasteiger partial charge is 0.295 e. The van der Waals surface area contributed by atoms with Crippen molar-refractivity contribution < 1.29 is 9.18 Å². The van der Waals surface area contributed by atoms with Gasteiger partial charge in [0, 0.05) is 24.1 Å². The van der Waals surface area contributed by atoms with Crippen LogP contribution in [0.1, 0.15) is 24.0 Å². The molecule has 0 radical (unpaired) electrons. The van der Waals surface area contributed by atoms with Crippen LogP contribution in [0.25, 0.3) is 11.3 Å². The minimum atomic E-state index is -0.264. The molecule has 0 spiro atoms. The minimum absolute atomic E-state index is 0.0631. The van der Waals surface area contributed by atoms with Crippen molar-refractivity contribution in [1.82, 2.24) is 20.4 Å². The average molecular weight is 365 g/mol. The van der Waals surface area contributed by atoms with Gasteiger partial charge >= 0.3 is 0 Å². The zero-order chi connectivity index (χ0) is 18.8. The number of H-pyrrole nitrogens is 1. The van der Waals surface area contributed by atoms with Crippen molar-refractivity contribution in [3.05, 3.63) is 59.7 Å². The van der Waals surface area contributed by atoms with Crippen molar-refractivity contribution in [3.8, 4) is 11.3 Å². The quantitative estimate of drug-likeness (QED) is 0.770. The van der Waals surface area contributed by atoms with Gasteiger partial charge in [0.2, 0.25) is 5.91 Å². The van der Waals surface area contributed by atoms with Crippen molar-refractivity contribution in [2.24, 2.45) is 5.92 Å². The summed E-state index contributed by atoms with van der Waals surface area (Å²) in [6.45, 7) is 2.60. The second kappa shape index (κ2) is 7.26. The number of piperidine rings is 1. The molecule has 27 heavy (non-hydrogen) atoms. The van der Waals surface area contributed by atoms with Gasteiger partial charge in [-0.25, -0.2) is 4.39 Å². The summed E-state index contributed by atoms with van der Waals surface area (Å²) in [7, 11) is 0. The van der Waals surface area contributed by atoms with Gasteiger partial charge in [0.25, 0.3) is 0 Å². The van der Waals surface area contributed by atoms with Crippen LogP contribution in [0.15, 0.2) is 42.7 Å². The van der Waals surface area contributed by atoms with Crippen LogP contribution in [0.5, 0.6) is 0 Å². The van der Waals surface area contributed by atoms with Gasteiger partial charge in [0.05, 0.1) is 18.1 Å². The fraction of sp³-hybridized carbons (Fsp3) is 0.300. The van der Waals surface area contributed by atoms with Gasteiger partial charge in [-0.05, 0) is 49.4 Å². The molecule has 138 valence electrons. The van der Waals surface area contributed by atoms with E-state index in [-0.39, 0.29) is 17.6 Å². The Labute approximate surface area is 156 Å². The van der Waals surface area contributed by atoms with Gasteiger partial charge in [-0.2, -0.15) is 15.3 Å². The Morgan fingerprint density at radius 2 is 2.00 bits per heavy atom. The van der Waals surface area contributed by atoms with E-state index in [9.17, 15) is 9.18 Å². The molecule has 1 aliphatic heterocycles. The lowest BCUT2D eigenvalue weighted by Gasteiger charge is -2.30. The maximum absolute atomic E-state index is 13.1. The molecule has 1 unspecified atom stereocenters.